The number of ketones is 1. The molecule has 0 aromatic carbocycles. The lowest BCUT2D eigenvalue weighted by atomic mass is 10.1. The largest absolute Gasteiger partial charge is 0.356 e. The van der Waals surface area contributed by atoms with Crippen LogP contribution >= 0.6 is 0 Å². The van der Waals surface area contributed by atoms with E-state index in [2.05, 4.69) is 15.7 Å². The van der Waals surface area contributed by atoms with Gasteiger partial charge in [-0.05, 0) is 46.1 Å². The fourth-order valence-electron chi connectivity index (χ4n) is 1.82. The molecule has 0 aromatic heterocycles. The molecule has 0 radical (unpaired) electrons. The number of carbonyl (C=O) groups is 2. The average molecular weight is 270 g/mol. The Kier molecular flexibility index (Phi) is 11.0. The maximum atomic E-state index is 11.4. The van der Waals surface area contributed by atoms with Crippen LogP contribution in [-0.4, -0.2) is 37.9 Å². The van der Waals surface area contributed by atoms with Crippen LogP contribution in [0.5, 0.6) is 0 Å². The van der Waals surface area contributed by atoms with Gasteiger partial charge in [0.1, 0.15) is 5.78 Å². The number of carbonyl (C=O) groups excluding carboxylic acids is 2. The molecule has 1 unspecified atom stereocenters. The summed E-state index contributed by atoms with van der Waals surface area (Å²) in [5.41, 5.74) is 6.62. The summed E-state index contributed by atoms with van der Waals surface area (Å²) < 4.78 is 0. The third-order valence-electron chi connectivity index (χ3n) is 3.00. The number of amides is 1. The van der Waals surface area contributed by atoms with Gasteiger partial charge in [0.25, 0.3) is 0 Å². The highest BCUT2D eigenvalue weighted by molar-refractivity contribution is 5.81. The maximum Gasteiger partial charge on any atom is 0.219 e. The first-order chi connectivity index (χ1) is 9.11. The van der Waals surface area contributed by atoms with Crippen molar-refractivity contribution in [1.82, 2.24) is 10.6 Å². The first kappa shape index (κ1) is 17.7. The van der Waals surface area contributed by atoms with E-state index < -0.39 is 0 Å². The van der Waals surface area contributed by atoms with Gasteiger partial charge in [-0.3, -0.25) is 9.59 Å². The number of nitrogens with one attached hydrogen (secondary N) is 3. The smallest absolute Gasteiger partial charge is 0.219 e. The minimum absolute atomic E-state index is 0.0571. The van der Waals surface area contributed by atoms with Crippen LogP contribution in [0.15, 0.2) is 5.11 Å². The van der Waals surface area contributed by atoms with Crippen molar-refractivity contribution in [3.8, 4) is 0 Å². The van der Waals surface area contributed by atoms with Crippen LogP contribution in [0.1, 0.15) is 45.4 Å². The molecule has 0 saturated heterocycles. The predicted molar refractivity (Wildman–Crippen MR) is 74.3 cm³/mol. The van der Waals surface area contributed by atoms with Gasteiger partial charge in [-0.1, -0.05) is 0 Å². The van der Waals surface area contributed by atoms with Gasteiger partial charge < -0.3 is 10.6 Å². The molecule has 0 fully saturated rings. The molecule has 0 aromatic rings. The van der Waals surface area contributed by atoms with Gasteiger partial charge in [0.2, 0.25) is 5.91 Å². The zero-order valence-electron chi connectivity index (χ0n) is 12.0. The molecule has 0 heterocycles. The molecule has 0 bridgehead atoms. The summed E-state index contributed by atoms with van der Waals surface area (Å²) in [4.78, 5) is 22.6. The first-order valence-corrected chi connectivity index (χ1v) is 6.89. The fourth-order valence-corrected chi connectivity index (χ4v) is 1.82. The Morgan fingerprint density at radius 1 is 1.21 bits per heavy atom. The lowest BCUT2D eigenvalue weighted by Crippen LogP contribution is -2.32. The Bertz CT molecular complexity index is 282. The zero-order chi connectivity index (χ0) is 14.5. The van der Waals surface area contributed by atoms with E-state index in [0.717, 1.165) is 32.1 Å². The van der Waals surface area contributed by atoms with Crippen molar-refractivity contribution in [1.29, 1.82) is 5.53 Å². The average Bonchev–Trinajstić information content (AvgIpc) is 2.38. The van der Waals surface area contributed by atoms with Crippen LogP contribution in [0, 0.1) is 5.53 Å². The molecule has 0 saturated carbocycles. The Morgan fingerprint density at radius 3 is 2.53 bits per heavy atom. The van der Waals surface area contributed by atoms with E-state index in [4.69, 9.17) is 5.53 Å². The Balaban J connectivity index is 3.45. The normalized spacial score (nSPS) is 11.9. The summed E-state index contributed by atoms with van der Waals surface area (Å²) in [5.74, 6) is 0.216. The molecule has 110 valence electrons. The van der Waals surface area contributed by atoms with Crippen LogP contribution in [0.3, 0.4) is 0 Å². The Morgan fingerprint density at radius 2 is 1.95 bits per heavy atom. The Hall–Kier alpha value is -1.30. The third-order valence-corrected chi connectivity index (χ3v) is 3.00. The standard InChI is InChI=1S/C13H26N4O2/c1-11(18)12(15-2)7-3-5-9-16-13(19)8-4-6-10-17-14/h12,14-15H,3-10H2,1-2H3,(H,16,19). The topological polar surface area (TPSA) is 94.4 Å². The first-order valence-electron chi connectivity index (χ1n) is 6.89. The number of hydrogen-bond acceptors (Lipinski definition) is 5. The molecule has 1 atom stereocenters. The van der Waals surface area contributed by atoms with E-state index in [1.807, 2.05) is 0 Å². The van der Waals surface area contributed by atoms with E-state index in [1.165, 1.54) is 0 Å². The van der Waals surface area contributed by atoms with Crippen LogP contribution in [0.2, 0.25) is 0 Å². The van der Waals surface area contributed by atoms with E-state index in [0.29, 0.717) is 19.5 Å². The second kappa shape index (κ2) is 11.8. The quantitative estimate of drug-likeness (QED) is 0.372. The molecular weight excluding hydrogens is 244 g/mol. The van der Waals surface area contributed by atoms with Gasteiger partial charge in [-0.25, -0.2) is 5.53 Å². The van der Waals surface area contributed by atoms with Crippen molar-refractivity contribution in [2.75, 3.05) is 20.1 Å². The van der Waals surface area contributed by atoms with Gasteiger partial charge >= 0.3 is 0 Å². The van der Waals surface area contributed by atoms with Crippen LogP contribution in [-0.2, 0) is 9.59 Å². The van der Waals surface area contributed by atoms with Crippen molar-refractivity contribution in [2.24, 2.45) is 5.11 Å². The number of unbranched alkanes of at least 4 members (excludes halogenated alkanes) is 2. The number of Topliss-reactive ketones (excluding diaryl/α,β-unsaturated/α-hetero) is 1. The summed E-state index contributed by atoms with van der Waals surface area (Å²) in [6.45, 7) is 2.76. The molecule has 0 rings (SSSR count). The van der Waals surface area contributed by atoms with Crippen molar-refractivity contribution in [3.05, 3.63) is 0 Å². The summed E-state index contributed by atoms with van der Waals surface area (Å²) in [7, 11) is 1.79. The second-order valence-corrected chi connectivity index (χ2v) is 4.64. The predicted octanol–water partition coefficient (Wildman–Crippen LogP) is 1.65. The molecule has 0 aliphatic carbocycles. The zero-order valence-corrected chi connectivity index (χ0v) is 12.0. The molecule has 0 aliphatic heterocycles. The molecular formula is C13H26N4O2. The van der Waals surface area contributed by atoms with Crippen molar-refractivity contribution >= 4 is 11.7 Å². The SMILES string of the molecule is CNC(CCCCNC(=O)CCCCN=N)C(C)=O. The summed E-state index contributed by atoms with van der Waals surface area (Å²) >= 11 is 0. The minimum atomic E-state index is -0.0654. The van der Waals surface area contributed by atoms with E-state index in [9.17, 15) is 9.59 Å². The molecule has 19 heavy (non-hydrogen) atoms. The van der Waals surface area contributed by atoms with Gasteiger partial charge in [0.15, 0.2) is 0 Å². The number of likely N-dealkylation sites (N-methyl/N-ethyl adjacent to an activating group) is 1. The number of nitrogens with zero attached hydrogens (tertiary/aromatic N) is 1. The summed E-state index contributed by atoms with van der Waals surface area (Å²) in [6, 6.07) is -0.0654. The molecule has 3 N–H and O–H groups in total. The molecule has 0 aliphatic rings. The second-order valence-electron chi connectivity index (χ2n) is 4.64. The molecule has 0 spiro atoms. The molecule has 6 nitrogen and oxygen atoms in total. The lowest BCUT2D eigenvalue weighted by Gasteiger charge is -2.12. The summed E-state index contributed by atoms with van der Waals surface area (Å²) in [6.07, 6.45) is 4.69. The minimum Gasteiger partial charge on any atom is -0.356 e. The molecule has 1 amide bonds. The number of hydrogen-bond donors (Lipinski definition) is 3. The van der Waals surface area contributed by atoms with E-state index >= 15 is 0 Å². The number of rotatable bonds is 12. The van der Waals surface area contributed by atoms with Crippen molar-refractivity contribution < 1.29 is 9.59 Å². The van der Waals surface area contributed by atoms with Crippen LogP contribution in [0.25, 0.3) is 0 Å². The van der Waals surface area contributed by atoms with Gasteiger partial charge in [0, 0.05) is 13.0 Å². The fraction of sp³-hybridized carbons (Fsp3) is 0.846. The van der Waals surface area contributed by atoms with Crippen molar-refractivity contribution in [3.63, 3.8) is 0 Å². The van der Waals surface area contributed by atoms with Gasteiger partial charge in [-0.15, -0.1) is 0 Å². The maximum absolute atomic E-state index is 11.4. The van der Waals surface area contributed by atoms with Gasteiger partial charge in [0.05, 0.1) is 12.6 Å². The van der Waals surface area contributed by atoms with E-state index in [1.54, 1.807) is 14.0 Å². The molecule has 6 heteroatoms. The van der Waals surface area contributed by atoms with Gasteiger partial charge in [-0.2, -0.15) is 5.11 Å². The Labute approximate surface area is 115 Å². The lowest BCUT2D eigenvalue weighted by molar-refractivity contribution is -0.121. The summed E-state index contributed by atoms with van der Waals surface area (Å²) in [5, 5.41) is 9.08. The third kappa shape index (κ3) is 10.3. The van der Waals surface area contributed by atoms with E-state index in [-0.39, 0.29) is 17.7 Å². The monoisotopic (exact) mass is 270 g/mol. The highest BCUT2D eigenvalue weighted by Gasteiger charge is 2.10. The highest BCUT2D eigenvalue weighted by atomic mass is 16.1. The van der Waals surface area contributed by atoms with Crippen LogP contribution in [0.4, 0.5) is 0 Å². The van der Waals surface area contributed by atoms with Crippen LogP contribution < -0.4 is 10.6 Å². The highest BCUT2D eigenvalue weighted by Crippen LogP contribution is 2.01. The van der Waals surface area contributed by atoms with Crippen molar-refractivity contribution in [2.45, 2.75) is 51.5 Å².